The van der Waals surface area contributed by atoms with Gasteiger partial charge in [-0.25, -0.2) is 0 Å². The lowest BCUT2D eigenvalue weighted by Gasteiger charge is -2.34. The van der Waals surface area contributed by atoms with Crippen LogP contribution in [-0.2, 0) is 13.0 Å². The zero-order chi connectivity index (χ0) is 18.8. The van der Waals surface area contributed by atoms with Crippen molar-refractivity contribution >= 4 is 23.7 Å². The molecule has 0 radical (unpaired) electrons. The quantitative estimate of drug-likeness (QED) is 0.576. The third-order valence-electron chi connectivity index (χ3n) is 5.84. The Hall–Kier alpha value is -1.85. The van der Waals surface area contributed by atoms with Gasteiger partial charge in [-0.05, 0) is 59.7 Å². The van der Waals surface area contributed by atoms with E-state index in [2.05, 4.69) is 70.6 Å². The van der Waals surface area contributed by atoms with Crippen LogP contribution >= 0.6 is 23.7 Å². The molecule has 0 unspecified atom stereocenters. The van der Waals surface area contributed by atoms with Crippen LogP contribution in [0.1, 0.15) is 35.6 Å². The molecule has 3 aromatic rings. The first-order valence-corrected chi connectivity index (χ1v) is 11.1. The number of fused-ring (bicyclic) bond motifs is 1. The minimum Gasteiger partial charge on any atom is -0.493 e. The molecule has 29 heavy (non-hydrogen) atoms. The maximum atomic E-state index is 6.00. The molecule has 0 spiro atoms. The van der Waals surface area contributed by atoms with E-state index in [-0.39, 0.29) is 12.4 Å². The summed E-state index contributed by atoms with van der Waals surface area (Å²) < 4.78 is 6.00. The fraction of sp³-hybridized carbons (Fsp3) is 0.333. The molecule has 5 rings (SSSR count). The molecule has 2 N–H and O–H groups in total. The summed E-state index contributed by atoms with van der Waals surface area (Å²) in [6.07, 6.45) is 3.42. The molecule has 3 heterocycles. The Labute approximate surface area is 182 Å². The van der Waals surface area contributed by atoms with Crippen molar-refractivity contribution in [3.63, 3.8) is 0 Å². The van der Waals surface area contributed by atoms with Crippen molar-refractivity contribution in [1.82, 2.24) is 10.6 Å². The van der Waals surface area contributed by atoms with E-state index in [1.54, 1.807) is 11.3 Å². The van der Waals surface area contributed by atoms with Gasteiger partial charge in [-0.2, -0.15) is 0 Å². The molecule has 0 bridgehead atoms. The maximum Gasteiger partial charge on any atom is 0.127 e. The van der Waals surface area contributed by atoms with Crippen LogP contribution < -0.4 is 15.4 Å². The Kier molecular flexibility index (Phi) is 6.56. The lowest BCUT2D eigenvalue weighted by atomic mass is 9.92. The summed E-state index contributed by atoms with van der Waals surface area (Å²) in [5.41, 5.74) is 5.32. The van der Waals surface area contributed by atoms with E-state index in [1.807, 2.05) is 0 Å². The monoisotopic (exact) mass is 426 g/mol. The minimum atomic E-state index is 0. The number of nitrogens with one attached hydrogen (secondary N) is 2. The zero-order valence-electron chi connectivity index (χ0n) is 16.4. The molecule has 0 saturated carbocycles. The number of benzene rings is 2. The Balaban J connectivity index is 0.00000205. The first-order chi connectivity index (χ1) is 13.9. The normalized spacial score (nSPS) is 20.6. The average molecular weight is 427 g/mol. The average Bonchev–Trinajstić information content (AvgIpc) is 3.44. The lowest BCUT2D eigenvalue weighted by molar-refractivity contribution is 0.301. The lowest BCUT2D eigenvalue weighted by Crippen LogP contribution is -2.45. The van der Waals surface area contributed by atoms with Crippen molar-refractivity contribution in [2.45, 2.75) is 37.9 Å². The van der Waals surface area contributed by atoms with E-state index in [9.17, 15) is 0 Å². The second-order valence-electron chi connectivity index (χ2n) is 7.67. The Bertz CT molecular complexity index is 930. The summed E-state index contributed by atoms with van der Waals surface area (Å²) in [5, 5.41) is 9.71. The highest BCUT2D eigenvalue weighted by molar-refractivity contribution is 7.13. The van der Waals surface area contributed by atoms with Gasteiger partial charge in [-0.1, -0.05) is 36.4 Å². The van der Waals surface area contributed by atoms with Crippen LogP contribution in [0.25, 0.3) is 10.4 Å². The fourth-order valence-corrected chi connectivity index (χ4v) is 5.18. The topological polar surface area (TPSA) is 33.3 Å². The fourth-order valence-electron chi connectivity index (χ4n) is 4.46. The highest BCUT2D eigenvalue weighted by atomic mass is 35.5. The molecule has 3 nitrogen and oxygen atoms in total. The summed E-state index contributed by atoms with van der Waals surface area (Å²) >= 11 is 1.80. The van der Waals surface area contributed by atoms with Crippen molar-refractivity contribution < 1.29 is 4.74 Å². The van der Waals surface area contributed by atoms with Gasteiger partial charge in [0.05, 0.1) is 6.61 Å². The molecule has 0 amide bonds. The van der Waals surface area contributed by atoms with Gasteiger partial charge in [0.1, 0.15) is 5.75 Å². The molecule has 2 aliphatic heterocycles. The summed E-state index contributed by atoms with van der Waals surface area (Å²) in [5.74, 6) is 1.10. The Morgan fingerprint density at radius 2 is 2.00 bits per heavy atom. The second-order valence-corrected chi connectivity index (χ2v) is 8.62. The van der Waals surface area contributed by atoms with Gasteiger partial charge in [0.25, 0.3) is 0 Å². The molecule has 2 atom stereocenters. The van der Waals surface area contributed by atoms with Gasteiger partial charge in [0.15, 0.2) is 0 Å². The molecule has 1 fully saturated rings. The number of rotatable bonds is 5. The second kappa shape index (κ2) is 9.31. The van der Waals surface area contributed by atoms with Crippen LogP contribution in [-0.4, -0.2) is 19.2 Å². The van der Waals surface area contributed by atoms with Crippen molar-refractivity contribution in [3.8, 4) is 16.2 Å². The van der Waals surface area contributed by atoms with Gasteiger partial charge in [0, 0.05) is 35.5 Å². The van der Waals surface area contributed by atoms with Crippen LogP contribution in [0.3, 0.4) is 0 Å². The number of halogens is 1. The molecule has 2 aliphatic rings. The van der Waals surface area contributed by atoms with Crippen molar-refractivity contribution in [2.75, 3.05) is 13.2 Å². The number of hydrogen-bond acceptors (Lipinski definition) is 4. The van der Waals surface area contributed by atoms with Crippen molar-refractivity contribution in [1.29, 1.82) is 0 Å². The van der Waals surface area contributed by atoms with Crippen molar-refractivity contribution in [3.05, 3.63) is 76.7 Å². The summed E-state index contributed by atoms with van der Waals surface area (Å²) in [7, 11) is 0. The summed E-state index contributed by atoms with van der Waals surface area (Å²) in [4.78, 5) is 1.33. The number of hydrogen-bond donors (Lipinski definition) is 2. The highest BCUT2D eigenvalue weighted by Gasteiger charge is 2.26. The maximum absolute atomic E-state index is 6.00. The van der Waals surface area contributed by atoms with Gasteiger partial charge < -0.3 is 15.4 Å². The highest BCUT2D eigenvalue weighted by Crippen LogP contribution is 2.36. The molecular weight excluding hydrogens is 400 g/mol. The van der Waals surface area contributed by atoms with Crippen molar-refractivity contribution in [2.24, 2.45) is 0 Å². The molecule has 2 aromatic carbocycles. The van der Waals surface area contributed by atoms with Crippen LogP contribution in [0, 0.1) is 0 Å². The van der Waals surface area contributed by atoms with E-state index >= 15 is 0 Å². The van der Waals surface area contributed by atoms with E-state index in [0.29, 0.717) is 12.1 Å². The Morgan fingerprint density at radius 1 is 1.10 bits per heavy atom. The first-order valence-electron chi connectivity index (χ1n) is 10.2. The standard InChI is InChI=1S/C24H26N2OS.ClH/c1-2-6-17(7-3-1)23-21(8-4-11-25-23)26-16-20-15-19(22-9-5-13-28-22)14-18-10-12-27-24(18)20;/h1-3,5-7,9,13-15,21,23,25-26H,4,8,10-12,16H2;1H/t21-,23-;/m0./s1. The molecule has 1 aromatic heterocycles. The van der Waals surface area contributed by atoms with E-state index in [4.69, 9.17) is 4.74 Å². The van der Waals surface area contributed by atoms with E-state index < -0.39 is 0 Å². The SMILES string of the molecule is Cl.c1ccc([C@@H]2NCCC[C@@H]2NCc2cc(-c3cccs3)cc3c2OCC3)cc1. The third kappa shape index (κ3) is 4.36. The zero-order valence-corrected chi connectivity index (χ0v) is 18.0. The summed E-state index contributed by atoms with van der Waals surface area (Å²) in [6.45, 7) is 2.73. The van der Waals surface area contributed by atoms with Gasteiger partial charge in [0.2, 0.25) is 0 Å². The van der Waals surface area contributed by atoms with Crippen LogP contribution in [0.4, 0.5) is 0 Å². The molecular formula is C24H27ClN2OS. The predicted octanol–water partition coefficient (Wildman–Crippen LogP) is 5.35. The van der Waals surface area contributed by atoms with Crippen LogP contribution in [0.2, 0.25) is 0 Å². The van der Waals surface area contributed by atoms with Crippen LogP contribution in [0.15, 0.2) is 60.0 Å². The molecule has 1 saturated heterocycles. The van der Waals surface area contributed by atoms with Crippen LogP contribution in [0.5, 0.6) is 5.75 Å². The summed E-state index contributed by atoms with van der Waals surface area (Å²) in [6, 6.07) is 20.6. The first kappa shape index (κ1) is 20.4. The molecule has 152 valence electrons. The van der Waals surface area contributed by atoms with E-state index in [0.717, 1.165) is 31.9 Å². The largest absolute Gasteiger partial charge is 0.493 e. The molecule has 0 aliphatic carbocycles. The third-order valence-corrected chi connectivity index (χ3v) is 6.76. The minimum absolute atomic E-state index is 0. The predicted molar refractivity (Wildman–Crippen MR) is 123 cm³/mol. The Morgan fingerprint density at radius 3 is 2.83 bits per heavy atom. The van der Waals surface area contributed by atoms with E-state index in [1.165, 1.54) is 40.0 Å². The van der Waals surface area contributed by atoms with Gasteiger partial charge in [-0.3, -0.25) is 0 Å². The molecule has 5 heteroatoms. The van der Waals surface area contributed by atoms with Gasteiger partial charge >= 0.3 is 0 Å². The number of thiophene rings is 1. The van der Waals surface area contributed by atoms with Gasteiger partial charge in [-0.15, -0.1) is 23.7 Å². The number of piperidine rings is 1. The smallest absolute Gasteiger partial charge is 0.127 e. The number of ether oxygens (including phenoxy) is 1.